The zero-order chi connectivity index (χ0) is 17.3. The number of amides is 3. The summed E-state index contributed by atoms with van der Waals surface area (Å²) in [6.07, 6.45) is 2.93. The van der Waals surface area contributed by atoms with E-state index in [1.807, 2.05) is 0 Å². The molecule has 1 aliphatic heterocycles. The van der Waals surface area contributed by atoms with Gasteiger partial charge in [-0.2, -0.15) is 0 Å². The number of hydrogen-bond acceptors (Lipinski definition) is 6. The highest BCUT2D eigenvalue weighted by Gasteiger charge is 2.33. The first kappa shape index (κ1) is 15.1. The van der Waals surface area contributed by atoms with Crippen molar-refractivity contribution in [1.82, 2.24) is 4.98 Å². The average Bonchev–Trinajstić information content (AvgIpc) is 2.84. The fourth-order valence-corrected chi connectivity index (χ4v) is 2.16. The Morgan fingerprint density at radius 3 is 2.71 bits per heavy atom. The minimum absolute atomic E-state index is 0.0249. The van der Waals surface area contributed by atoms with Gasteiger partial charge in [-0.15, -0.1) is 0 Å². The second-order valence-electron chi connectivity index (χ2n) is 4.78. The van der Waals surface area contributed by atoms with Crippen LogP contribution in [0.1, 0.15) is 10.4 Å². The fourth-order valence-electron chi connectivity index (χ4n) is 2.16. The SMILES string of the molecule is O=C(Nc1cccnc1)Nc1cc([N+](=O)[O-])cc2c1NC(=O)C2=O. The number of carbonyl (C=O) groups is 3. The zero-order valence-electron chi connectivity index (χ0n) is 11.9. The summed E-state index contributed by atoms with van der Waals surface area (Å²) in [6.45, 7) is 0. The average molecular weight is 327 g/mol. The molecule has 0 fully saturated rings. The number of nitro benzene ring substituents is 1. The highest BCUT2D eigenvalue weighted by molar-refractivity contribution is 6.52. The molecule has 1 aromatic heterocycles. The molecule has 0 atom stereocenters. The van der Waals surface area contributed by atoms with Crippen molar-refractivity contribution in [2.24, 2.45) is 0 Å². The quantitative estimate of drug-likeness (QED) is 0.445. The molecule has 1 aromatic carbocycles. The van der Waals surface area contributed by atoms with Crippen molar-refractivity contribution in [2.45, 2.75) is 0 Å². The van der Waals surface area contributed by atoms with Gasteiger partial charge in [-0.05, 0) is 12.1 Å². The molecule has 3 rings (SSSR count). The van der Waals surface area contributed by atoms with Crippen molar-refractivity contribution < 1.29 is 19.3 Å². The van der Waals surface area contributed by atoms with Gasteiger partial charge in [0.1, 0.15) is 0 Å². The molecule has 120 valence electrons. The summed E-state index contributed by atoms with van der Waals surface area (Å²) in [4.78, 5) is 49.3. The molecule has 3 amide bonds. The maximum atomic E-state index is 12.0. The third-order valence-corrected chi connectivity index (χ3v) is 3.19. The predicted octanol–water partition coefficient (Wildman–Crippen LogP) is 1.77. The molecule has 24 heavy (non-hydrogen) atoms. The molecule has 0 saturated heterocycles. The van der Waals surface area contributed by atoms with Crippen LogP contribution in [-0.4, -0.2) is 27.6 Å². The number of aromatic nitrogens is 1. The molecule has 2 aromatic rings. The Bertz CT molecular complexity index is 881. The van der Waals surface area contributed by atoms with Gasteiger partial charge in [-0.3, -0.25) is 24.7 Å². The number of benzene rings is 1. The summed E-state index contributed by atoms with van der Waals surface area (Å²) < 4.78 is 0. The number of urea groups is 1. The molecule has 0 unspecified atom stereocenters. The second kappa shape index (κ2) is 5.76. The van der Waals surface area contributed by atoms with E-state index in [4.69, 9.17) is 0 Å². The summed E-state index contributed by atoms with van der Waals surface area (Å²) >= 11 is 0. The Labute approximate surface area is 134 Å². The number of nitrogens with one attached hydrogen (secondary N) is 3. The molecule has 1 aliphatic rings. The van der Waals surface area contributed by atoms with Crippen LogP contribution in [0.25, 0.3) is 0 Å². The monoisotopic (exact) mass is 327 g/mol. The van der Waals surface area contributed by atoms with Crippen LogP contribution in [0.5, 0.6) is 0 Å². The Balaban J connectivity index is 1.92. The molecule has 2 heterocycles. The molecule has 3 N–H and O–H groups in total. The lowest BCUT2D eigenvalue weighted by molar-refractivity contribution is -0.384. The van der Waals surface area contributed by atoms with Crippen LogP contribution in [-0.2, 0) is 4.79 Å². The number of fused-ring (bicyclic) bond motifs is 1. The number of Topliss-reactive ketones (excluding diaryl/α,β-unsaturated/α-hetero) is 1. The number of non-ortho nitro benzene ring substituents is 1. The van der Waals surface area contributed by atoms with E-state index < -0.39 is 28.3 Å². The first-order chi connectivity index (χ1) is 11.5. The molecule has 0 saturated carbocycles. The van der Waals surface area contributed by atoms with Gasteiger partial charge in [0.05, 0.1) is 33.7 Å². The maximum Gasteiger partial charge on any atom is 0.323 e. The van der Waals surface area contributed by atoms with Crippen molar-refractivity contribution in [3.63, 3.8) is 0 Å². The number of anilines is 3. The first-order valence-corrected chi connectivity index (χ1v) is 6.62. The number of ketones is 1. The normalized spacial score (nSPS) is 12.3. The van der Waals surface area contributed by atoms with Gasteiger partial charge in [-0.1, -0.05) is 0 Å². The smallest absolute Gasteiger partial charge is 0.317 e. The summed E-state index contributed by atoms with van der Waals surface area (Å²) in [5, 5.41) is 18.1. The number of hydrogen-bond donors (Lipinski definition) is 3. The van der Waals surface area contributed by atoms with Crippen molar-refractivity contribution in [1.29, 1.82) is 0 Å². The van der Waals surface area contributed by atoms with E-state index in [1.165, 1.54) is 12.4 Å². The molecular weight excluding hydrogens is 318 g/mol. The lowest BCUT2D eigenvalue weighted by atomic mass is 10.1. The Morgan fingerprint density at radius 2 is 2.04 bits per heavy atom. The minimum atomic E-state index is -0.916. The standard InChI is InChI=1S/C14H9N5O5/c20-12-9-4-8(19(23)24)5-10(11(9)18-13(12)21)17-14(22)16-7-2-1-3-15-6-7/h1-6H,(H2,16,17,22)(H,18,20,21). The highest BCUT2D eigenvalue weighted by Crippen LogP contribution is 2.35. The summed E-state index contributed by atoms with van der Waals surface area (Å²) in [5.74, 6) is -1.81. The number of nitro groups is 1. The van der Waals surface area contributed by atoms with Crippen molar-refractivity contribution in [3.8, 4) is 0 Å². The predicted molar refractivity (Wildman–Crippen MR) is 82.9 cm³/mol. The molecule has 0 bridgehead atoms. The van der Waals surface area contributed by atoms with Crippen molar-refractivity contribution in [3.05, 3.63) is 52.3 Å². The molecule has 0 spiro atoms. The van der Waals surface area contributed by atoms with Gasteiger partial charge < -0.3 is 16.0 Å². The van der Waals surface area contributed by atoms with Crippen LogP contribution in [0.4, 0.5) is 27.5 Å². The largest absolute Gasteiger partial charge is 0.323 e. The molecule has 0 aliphatic carbocycles. The lowest BCUT2D eigenvalue weighted by Crippen LogP contribution is -2.20. The minimum Gasteiger partial charge on any atom is -0.317 e. The summed E-state index contributed by atoms with van der Waals surface area (Å²) in [7, 11) is 0. The van der Waals surface area contributed by atoms with Gasteiger partial charge in [-0.25, -0.2) is 4.79 Å². The zero-order valence-corrected chi connectivity index (χ0v) is 11.9. The number of nitrogens with zero attached hydrogens (tertiary/aromatic N) is 2. The van der Waals surface area contributed by atoms with Gasteiger partial charge >= 0.3 is 6.03 Å². The highest BCUT2D eigenvalue weighted by atomic mass is 16.6. The molecule has 10 heteroatoms. The lowest BCUT2D eigenvalue weighted by Gasteiger charge is -2.10. The molecule has 10 nitrogen and oxygen atoms in total. The van der Waals surface area contributed by atoms with Crippen LogP contribution >= 0.6 is 0 Å². The third kappa shape index (κ3) is 2.75. The van der Waals surface area contributed by atoms with Crippen LogP contribution < -0.4 is 16.0 Å². The van der Waals surface area contributed by atoms with Gasteiger partial charge in [0.2, 0.25) is 0 Å². The van der Waals surface area contributed by atoms with E-state index in [1.54, 1.807) is 12.1 Å². The van der Waals surface area contributed by atoms with E-state index >= 15 is 0 Å². The van der Waals surface area contributed by atoms with E-state index in [0.29, 0.717) is 5.69 Å². The van der Waals surface area contributed by atoms with Crippen LogP contribution in [0.3, 0.4) is 0 Å². The van der Waals surface area contributed by atoms with Crippen LogP contribution in [0, 0.1) is 10.1 Å². The second-order valence-corrected chi connectivity index (χ2v) is 4.78. The number of carbonyl (C=O) groups excluding carboxylic acids is 3. The third-order valence-electron chi connectivity index (χ3n) is 3.19. The van der Waals surface area contributed by atoms with Crippen LogP contribution in [0.15, 0.2) is 36.7 Å². The topological polar surface area (TPSA) is 143 Å². The Morgan fingerprint density at radius 1 is 1.25 bits per heavy atom. The van der Waals surface area contributed by atoms with E-state index in [2.05, 4.69) is 20.9 Å². The van der Waals surface area contributed by atoms with E-state index in [9.17, 15) is 24.5 Å². The number of rotatable bonds is 3. The van der Waals surface area contributed by atoms with Gasteiger partial charge in [0.25, 0.3) is 17.4 Å². The van der Waals surface area contributed by atoms with E-state index in [0.717, 1.165) is 12.1 Å². The first-order valence-electron chi connectivity index (χ1n) is 6.62. The van der Waals surface area contributed by atoms with Crippen molar-refractivity contribution >= 4 is 40.5 Å². The number of pyridine rings is 1. The summed E-state index contributed by atoms with van der Waals surface area (Å²) in [5.41, 5.74) is -0.213. The van der Waals surface area contributed by atoms with Crippen LogP contribution in [0.2, 0.25) is 0 Å². The Kier molecular flexibility index (Phi) is 3.62. The Hall–Kier alpha value is -3.82. The maximum absolute atomic E-state index is 12.0. The fraction of sp³-hybridized carbons (Fsp3) is 0. The van der Waals surface area contributed by atoms with Gasteiger partial charge in [0.15, 0.2) is 0 Å². The van der Waals surface area contributed by atoms with E-state index in [-0.39, 0.29) is 16.9 Å². The van der Waals surface area contributed by atoms with Crippen molar-refractivity contribution in [2.75, 3.05) is 16.0 Å². The molecule has 0 radical (unpaired) electrons. The molecular formula is C14H9N5O5. The van der Waals surface area contributed by atoms with Gasteiger partial charge in [0, 0.05) is 18.3 Å². The summed E-state index contributed by atoms with van der Waals surface area (Å²) in [6, 6.07) is 4.54.